The average molecular weight is 425 g/mol. The molecule has 6 rings (SSSR count). The maximum absolute atomic E-state index is 1.59. The molecule has 6 aliphatic carbocycles. The van der Waals surface area contributed by atoms with Gasteiger partial charge in [0.1, 0.15) is 0 Å². The van der Waals surface area contributed by atoms with Crippen molar-refractivity contribution >= 4 is 8.41 Å². The molecule has 6 saturated carbocycles. The third-order valence-corrected chi connectivity index (χ3v) is 9.61. The predicted molar refractivity (Wildman–Crippen MR) is 143 cm³/mol. The Hall–Kier alpha value is 0.0649. The van der Waals surface area contributed by atoms with E-state index in [0.29, 0.717) is 0 Å². The van der Waals surface area contributed by atoms with Gasteiger partial charge in [-0.15, -0.1) is 0 Å². The van der Waals surface area contributed by atoms with Crippen molar-refractivity contribution in [3.8, 4) is 0 Å². The molecule has 6 unspecified atom stereocenters. The summed E-state index contributed by atoms with van der Waals surface area (Å²) in [5.74, 6) is 7.01. The van der Waals surface area contributed by atoms with Gasteiger partial charge in [0, 0.05) is 12.7 Å². The van der Waals surface area contributed by atoms with E-state index in [1.165, 1.54) is 81.0 Å². The van der Waals surface area contributed by atoms with Gasteiger partial charge in [0.05, 0.1) is 0 Å². The van der Waals surface area contributed by atoms with Gasteiger partial charge in [-0.3, -0.25) is 0 Å². The lowest BCUT2D eigenvalue weighted by atomic mass is 9.62. The molecule has 0 N–H and O–H groups in total. The molecule has 3 radical (unpaired) electrons. The normalized spacial score (nSPS) is 38.4. The van der Waals surface area contributed by atoms with Crippen LogP contribution in [-0.4, -0.2) is 8.41 Å². The van der Waals surface area contributed by atoms with E-state index in [4.69, 9.17) is 0 Å². The lowest BCUT2D eigenvalue weighted by molar-refractivity contribution is 0.0729. The van der Waals surface area contributed by atoms with Crippen molar-refractivity contribution in [1.29, 1.82) is 0 Å². The van der Waals surface area contributed by atoms with Crippen LogP contribution in [0.1, 0.15) is 154 Å². The molecule has 6 aliphatic rings. The topological polar surface area (TPSA) is 0 Å². The van der Waals surface area contributed by atoms with Crippen molar-refractivity contribution in [2.45, 2.75) is 150 Å². The van der Waals surface area contributed by atoms with Crippen LogP contribution < -0.4 is 0 Å². The second-order valence-corrected chi connectivity index (χ2v) is 11.1. The molecule has 1 heteroatoms. The molecule has 6 fully saturated rings. The van der Waals surface area contributed by atoms with Crippen LogP contribution in [0.2, 0.25) is 0 Å². The standard InChI is InChI=1S/C13H22.C9H16.C5H10.2CH4.B.3H2/c1-2-6-12-10(4-1)8-9-11-5-3-7-13(11)12;1-2-5-9-7-3-6-8(9)4-1;1-2-4-5-3-1;;;;;;/h10-13H,1-9H2;8-9H,1-7H2;1-5H2;2*1H4;;3*1H/i;;;;;;3*1+1. The first-order valence-corrected chi connectivity index (χ1v) is 13.4. The molecule has 0 heterocycles. The molecule has 0 spiro atoms. The van der Waals surface area contributed by atoms with Gasteiger partial charge in [0.25, 0.3) is 0 Å². The highest BCUT2D eigenvalue weighted by atomic mass is 14.5. The molecule has 0 saturated heterocycles. The Kier molecular flexibility index (Phi) is 14.1. The van der Waals surface area contributed by atoms with E-state index >= 15 is 0 Å². The van der Waals surface area contributed by atoms with Crippen molar-refractivity contribution in [3.63, 3.8) is 0 Å². The summed E-state index contributed by atoms with van der Waals surface area (Å²) in [5.41, 5.74) is 0. The number of hydrogen-bond donors (Lipinski definition) is 0. The number of rotatable bonds is 0. The zero-order chi connectivity index (χ0) is 18.3. The Morgan fingerprint density at radius 1 is 0.300 bits per heavy atom. The van der Waals surface area contributed by atoms with E-state index in [-0.39, 0.29) is 27.5 Å². The monoisotopic (exact) mass is 425 g/mol. The minimum absolute atomic E-state index is 0. The van der Waals surface area contributed by atoms with Gasteiger partial charge >= 0.3 is 0 Å². The van der Waals surface area contributed by atoms with E-state index in [9.17, 15) is 0 Å². The fraction of sp³-hybridized carbons (Fsp3) is 1.00. The van der Waals surface area contributed by atoms with Crippen molar-refractivity contribution in [2.24, 2.45) is 35.5 Å². The Labute approximate surface area is 198 Å². The maximum Gasteiger partial charge on any atom is 0 e. The molecular weight excluding hydrogens is 359 g/mol. The van der Waals surface area contributed by atoms with Gasteiger partial charge in [-0.1, -0.05) is 124 Å². The zero-order valence-electron chi connectivity index (χ0n) is 18.9. The molecule has 181 valence electrons. The van der Waals surface area contributed by atoms with Crippen LogP contribution in [0.4, 0.5) is 0 Å². The van der Waals surface area contributed by atoms with Crippen LogP contribution in [0, 0.1) is 35.5 Å². The molecule has 30 heavy (non-hydrogen) atoms. The molecule has 0 nitrogen and oxygen atoms in total. The third-order valence-electron chi connectivity index (χ3n) is 9.61. The first-order chi connectivity index (χ1) is 13.4. The third kappa shape index (κ3) is 7.58. The highest BCUT2D eigenvalue weighted by Crippen LogP contribution is 2.52. The van der Waals surface area contributed by atoms with Gasteiger partial charge in [0.2, 0.25) is 0 Å². The van der Waals surface area contributed by atoms with E-state index < -0.39 is 0 Å². The van der Waals surface area contributed by atoms with E-state index in [1.807, 2.05) is 0 Å². The molecule has 0 aromatic rings. The fourth-order valence-electron chi connectivity index (χ4n) is 8.14. The summed E-state index contributed by atoms with van der Waals surface area (Å²) in [6, 6.07) is 0. The van der Waals surface area contributed by atoms with Crippen LogP contribution in [0.25, 0.3) is 0 Å². The van der Waals surface area contributed by atoms with Crippen LogP contribution >= 0.6 is 0 Å². The quantitative estimate of drug-likeness (QED) is 0.339. The fourth-order valence-corrected chi connectivity index (χ4v) is 8.14. The van der Waals surface area contributed by atoms with E-state index in [1.54, 1.807) is 83.5 Å². The molecular formula is C29H62B. The van der Waals surface area contributed by atoms with Gasteiger partial charge in [-0.05, 0) is 61.2 Å². The second-order valence-electron chi connectivity index (χ2n) is 11.1. The molecule has 0 aromatic heterocycles. The highest BCUT2D eigenvalue weighted by molar-refractivity contribution is 5.75. The van der Waals surface area contributed by atoms with Crippen LogP contribution in [0.15, 0.2) is 0 Å². The summed E-state index contributed by atoms with van der Waals surface area (Å²) in [6.07, 6.45) is 32.5. The van der Waals surface area contributed by atoms with Gasteiger partial charge in [-0.25, -0.2) is 0 Å². The average Bonchev–Trinajstić information content (AvgIpc) is 3.51. The molecule has 0 bridgehead atoms. The summed E-state index contributed by atoms with van der Waals surface area (Å²) in [4.78, 5) is 0. The number of hydrogen-bond acceptors (Lipinski definition) is 0. The lowest BCUT2D eigenvalue weighted by Gasteiger charge is -2.43. The van der Waals surface area contributed by atoms with Crippen molar-refractivity contribution in [1.82, 2.24) is 0 Å². The van der Waals surface area contributed by atoms with Crippen molar-refractivity contribution in [2.75, 3.05) is 0 Å². The lowest BCUT2D eigenvalue weighted by Crippen LogP contribution is -2.33. The highest BCUT2D eigenvalue weighted by Gasteiger charge is 2.41. The van der Waals surface area contributed by atoms with Crippen LogP contribution in [-0.2, 0) is 0 Å². The Balaban J connectivity index is -0.000000404. The van der Waals surface area contributed by atoms with Gasteiger partial charge in [0.15, 0.2) is 0 Å². The van der Waals surface area contributed by atoms with Crippen molar-refractivity contribution < 1.29 is 4.28 Å². The smallest absolute Gasteiger partial charge is 0 e. The van der Waals surface area contributed by atoms with E-state index in [2.05, 4.69) is 0 Å². The van der Waals surface area contributed by atoms with Crippen LogP contribution in [0.5, 0.6) is 0 Å². The minimum Gasteiger partial charge on any atom is -0.0776 e. The summed E-state index contributed by atoms with van der Waals surface area (Å²) in [5, 5.41) is 0. The van der Waals surface area contributed by atoms with Crippen LogP contribution in [0.3, 0.4) is 0 Å². The molecule has 0 aliphatic heterocycles. The van der Waals surface area contributed by atoms with Gasteiger partial charge in [-0.2, -0.15) is 0 Å². The first kappa shape index (κ1) is 28.1. The molecule has 6 atom stereocenters. The molecule has 0 aromatic carbocycles. The Morgan fingerprint density at radius 3 is 1.10 bits per heavy atom. The zero-order valence-corrected chi connectivity index (χ0v) is 18.9. The molecule has 0 amide bonds. The first-order valence-electron chi connectivity index (χ1n) is 13.4. The Bertz CT molecular complexity index is 409. The Morgan fingerprint density at radius 2 is 0.600 bits per heavy atom. The largest absolute Gasteiger partial charge is 0.0776 e. The minimum atomic E-state index is 0. The maximum atomic E-state index is 1.59. The summed E-state index contributed by atoms with van der Waals surface area (Å²) in [7, 11) is 0. The number of fused-ring (bicyclic) bond motifs is 4. The second kappa shape index (κ2) is 15.0. The predicted octanol–water partition coefficient (Wildman–Crippen LogP) is 10.6. The van der Waals surface area contributed by atoms with Crippen molar-refractivity contribution in [3.05, 3.63) is 0 Å². The summed E-state index contributed by atoms with van der Waals surface area (Å²) in [6.45, 7) is 0. The summed E-state index contributed by atoms with van der Waals surface area (Å²) >= 11 is 0. The SMILES string of the molecule is C.C.C1CCC2C(C1)CCC1CCCC12.C1CCC2CCCC2C1.C1CCCC1.[2HH].[2HH].[2HH].[B]. The summed E-state index contributed by atoms with van der Waals surface area (Å²) < 4.78 is 0. The van der Waals surface area contributed by atoms with Gasteiger partial charge < -0.3 is 0 Å². The van der Waals surface area contributed by atoms with E-state index in [0.717, 1.165) is 5.92 Å².